The van der Waals surface area contributed by atoms with E-state index in [-0.39, 0.29) is 12.1 Å². The van der Waals surface area contributed by atoms with Gasteiger partial charge in [0.05, 0.1) is 5.69 Å². The van der Waals surface area contributed by atoms with Crippen LogP contribution in [0, 0.1) is 0 Å². The van der Waals surface area contributed by atoms with Crippen LogP contribution in [0.2, 0.25) is 0 Å². The van der Waals surface area contributed by atoms with E-state index in [0.717, 1.165) is 0 Å². The number of aliphatic hydroxyl groups is 2. The van der Waals surface area contributed by atoms with E-state index in [4.69, 9.17) is 0 Å². The van der Waals surface area contributed by atoms with Crippen LogP contribution >= 0.6 is 0 Å². The Morgan fingerprint density at radius 1 is 0.938 bits per heavy atom. The SMILES string of the molecule is OC(O)(Cc1ccccn1)c1ccccn1. The lowest BCUT2D eigenvalue weighted by Crippen LogP contribution is -2.29. The molecule has 0 aliphatic rings. The Balaban J connectivity index is 2.21. The molecule has 16 heavy (non-hydrogen) atoms. The second-order valence-corrected chi connectivity index (χ2v) is 3.53. The molecule has 2 heterocycles. The quantitative estimate of drug-likeness (QED) is 0.747. The molecule has 2 aromatic heterocycles. The fourth-order valence-electron chi connectivity index (χ4n) is 1.45. The Bertz CT molecular complexity index is 443. The van der Waals surface area contributed by atoms with Gasteiger partial charge in [-0.25, -0.2) is 0 Å². The van der Waals surface area contributed by atoms with Gasteiger partial charge in [-0.2, -0.15) is 0 Å². The monoisotopic (exact) mass is 216 g/mol. The third kappa shape index (κ3) is 2.42. The first-order valence-corrected chi connectivity index (χ1v) is 4.95. The molecule has 2 N–H and O–H groups in total. The minimum atomic E-state index is -1.98. The highest BCUT2D eigenvalue weighted by atomic mass is 16.5. The van der Waals surface area contributed by atoms with Crippen molar-refractivity contribution in [3.63, 3.8) is 0 Å². The van der Waals surface area contributed by atoms with Crippen LogP contribution < -0.4 is 0 Å². The molecule has 0 saturated carbocycles. The molecule has 0 aliphatic carbocycles. The van der Waals surface area contributed by atoms with Crippen molar-refractivity contribution in [2.45, 2.75) is 12.2 Å². The fourth-order valence-corrected chi connectivity index (χ4v) is 1.45. The van der Waals surface area contributed by atoms with Crippen molar-refractivity contribution in [3.8, 4) is 0 Å². The molecule has 0 aromatic carbocycles. The Kier molecular flexibility index (Phi) is 2.94. The molecule has 0 saturated heterocycles. The molecule has 4 heteroatoms. The average Bonchev–Trinajstić information content (AvgIpc) is 2.31. The molecular formula is C12H12N2O2. The summed E-state index contributed by atoms with van der Waals surface area (Å²) in [5.41, 5.74) is 0.832. The minimum Gasteiger partial charge on any atom is -0.360 e. The molecular weight excluding hydrogens is 204 g/mol. The first-order chi connectivity index (χ1) is 7.68. The van der Waals surface area contributed by atoms with Crippen LogP contribution in [0.5, 0.6) is 0 Å². The van der Waals surface area contributed by atoms with Gasteiger partial charge in [-0.05, 0) is 24.3 Å². The lowest BCUT2D eigenvalue weighted by atomic mass is 10.1. The van der Waals surface area contributed by atoms with Gasteiger partial charge in [0.15, 0.2) is 0 Å². The Morgan fingerprint density at radius 2 is 1.62 bits per heavy atom. The predicted molar refractivity (Wildman–Crippen MR) is 58.3 cm³/mol. The number of hydrogen-bond donors (Lipinski definition) is 2. The third-order valence-corrected chi connectivity index (χ3v) is 2.23. The zero-order valence-corrected chi connectivity index (χ0v) is 8.61. The molecule has 0 spiro atoms. The highest BCUT2D eigenvalue weighted by molar-refractivity contribution is 5.14. The summed E-state index contributed by atoms with van der Waals surface area (Å²) >= 11 is 0. The Hall–Kier alpha value is -1.78. The van der Waals surface area contributed by atoms with Crippen LogP contribution in [0.1, 0.15) is 11.4 Å². The largest absolute Gasteiger partial charge is 0.360 e. The predicted octanol–water partition coefficient (Wildman–Crippen LogP) is 0.857. The van der Waals surface area contributed by atoms with Gasteiger partial charge in [0, 0.05) is 24.5 Å². The smallest absolute Gasteiger partial charge is 0.213 e. The summed E-state index contributed by atoms with van der Waals surface area (Å²) in [6, 6.07) is 10.3. The number of hydrogen-bond acceptors (Lipinski definition) is 4. The Morgan fingerprint density at radius 3 is 2.19 bits per heavy atom. The van der Waals surface area contributed by atoms with Gasteiger partial charge in [-0.1, -0.05) is 12.1 Å². The normalized spacial score (nSPS) is 11.4. The van der Waals surface area contributed by atoms with E-state index in [1.54, 1.807) is 42.6 Å². The number of rotatable bonds is 3. The van der Waals surface area contributed by atoms with Crippen LogP contribution in [-0.4, -0.2) is 20.2 Å². The van der Waals surface area contributed by atoms with Gasteiger partial charge >= 0.3 is 0 Å². The summed E-state index contributed by atoms with van der Waals surface area (Å²) in [4.78, 5) is 7.96. The summed E-state index contributed by atoms with van der Waals surface area (Å²) in [5.74, 6) is -1.98. The van der Waals surface area contributed by atoms with Crippen LogP contribution in [-0.2, 0) is 12.2 Å². The van der Waals surface area contributed by atoms with Gasteiger partial charge in [0.1, 0.15) is 0 Å². The maximum Gasteiger partial charge on any atom is 0.213 e. The number of aromatic nitrogens is 2. The van der Waals surface area contributed by atoms with Gasteiger partial charge in [0.25, 0.3) is 0 Å². The zero-order valence-electron chi connectivity index (χ0n) is 8.61. The van der Waals surface area contributed by atoms with Crippen molar-refractivity contribution in [3.05, 3.63) is 60.2 Å². The molecule has 0 radical (unpaired) electrons. The van der Waals surface area contributed by atoms with Crippen molar-refractivity contribution < 1.29 is 10.2 Å². The van der Waals surface area contributed by atoms with E-state index < -0.39 is 5.79 Å². The van der Waals surface area contributed by atoms with Crippen molar-refractivity contribution in [2.75, 3.05) is 0 Å². The highest BCUT2D eigenvalue weighted by Crippen LogP contribution is 2.19. The molecule has 2 aromatic rings. The maximum absolute atomic E-state index is 9.89. The van der Waals surface area contributed by atoms with Crippen LogP contribution in [0.3, 0.4) is 0 Å². The summed E-state index contributed by atoms with van der Waals surface area (Å²) < 4.78 is 0. The summed E-state index contributed by atoms with van der Waals surface area (Å²) in [5, 5.41) is 19.8. The van der Waals surface area contributed by atoms with Gasteiger partial charge in [0.2, 0.25) is 5.79 Å². The first kappa shape index (κ1) is 10.7. The molecule has 0 bridgehead atoms. The highest BCUT2D eigenvalue weighted by Gasteiger charge is 2.28. The van der Waals surface area contributed by atoms with Crippen LogP contribution in [0.25, 0.3) is 0 Å². The van der Waals surface area contributed by atoms with E-state index in [2.05, 4.69) is 9.97 Å². The summed E-state index contributed by atoms with van der Waals surface area (Å²) in [7, 11) is 0. The lowest BCUT2D eigenvalue weighted by Gasteiger charge is -2.20. The van der Waals surface area contributed by atoms with Gasteiger partial charge in [-0.15, -0.1) is 0 Å². The van der Waals surface area contributed by atoms with E-state index in [1.807, 2.05) is 0 Å². The standard InChI is InChI=1S/C12H12N2O2/c15-12(16,11-6-2-4-8-14-11)9-10-5-1-3-7-13-10/h1-8,15-16H,9H2. The molecule has 0 fully saturated rings. The molecule has 0 aliphatic heterocycles. The number of pyridine rings is 2. The Labute approximate surface area is 93.2 Å². The van der Waals surface area contributed by atoms with Crippen LogP contribution in [0.4, 0.5) is 0 Å². The van der Waals surface area contributed by atoms with Crippen LogP contribution in [0.15, 0.2) is 48.8 Å². The summed E-state index contributed by atoms with van der Waals surface area (Å²) in [6.07, 6.45) is 3.16. The molecule has 0 unspecified atom stereocenters. The summed E-state index contributed by atoms with van der Waals surface area (Å²) in [6.45, 7) is 0. The van der Waals surface area contributed by atoms with Crippen molar-refractivity contribution in [2.24, 2.45) is 0 Å². The third-order valence-electron chi connectivity index (χ3n) is 2.23. The molecule has 0 amide bonds. The average molecular weight is 216 g/mol. The van der Waals surface area contributed by atoms with Crippen molar-refractivity contribution in [1.29, 1.82) is 0 Å². The van der Waals surface area contributed by atoms with E-state index in [9.17, 15) is 10.2 Å². The number of nitrogens with zero attached hydrogens (tertiary/aromatic N) is 2. The van der Waals surface area contributed by atoms with E-state index in [0.29, 0.717) is 5.69 Å². The van der Waals surface area contributed by atoms with Crippen molar-refractivity contribution >= 4 is 0 Å². The molecule has 82 valence electrons. The second-order valence-electron chi connectivity index (χ2n) is 3.53. The first-order valence-electron chi connectivity index (χ1n) is 4.95. The van der Waals surface area contributed by atoms with Gasteiger partial charge < -0.3 is 10.2 Å². The molecule has 0 atom stereocenters. The maximum atomic E-state index is 9.89. The topological polar surface area (TPSA) is 66.2 Å². The van der Waals surface area contributed by atoms with Gasteiger partial charge in [-0.3, -0.25) is 9.97 Å². The second kappa shape index (κ2) is 4.38. The fraction of sp³-hybridized carbons (Fsp3) is 0.167. The van der Waals surface area contributed by atoms with E-state index >= 15 is 0 Å². The van der Waals surface area contributed by atoms with E-state index in [1.165, 1.54) is 6.20 Å². The van der Waals surface area contributed by atoms with Crippen molar-refractivity contribution in [1.82, 2.24) is 9.97 Å². The lowest BCUT2D eigenvalue weighted by molar-refractivity contribution is -0.171. The zero-order chi connectivity index (χ0) is 11.4. The molecule has 2 rings (SSSR count). The molecule has 4 nitrogen and oxygen atoms in total. The minimum absolute atomic E-state index is 0.0187.